The summed E-state index contributed by atoms with van der Waals surface area (Å²) in [5.41, 5.74) is 0. The van der Waals surface area contributed by atoms with Gasteiger partial charge in [0.2, 0.25) is 5.91 Å². The molecule has 1 amide bonds. The van der Waals surface area contributed by atoms with Crippen LogP contribution < -0.4 is 5.32 Å². The molecule has 2 aliphatic heterocycles. The van der Waals surface area contributed by atoms with Gasteiger partial charge >= 0.3 is 0 Å². The molecule has 2 fully saturated rings. The maximum Gasteiger partial charge on any atom is 0.220 e. The van der Waals surface area contributed by atoms with Crippen molar-refractivity contribution in [2.24, 2.45) is 0 Å². The first-order valence-corrected chi connectivity index (χ1v) is 29.0. The molecule has 0 bridgehead atoms. The fourth-order valence-electron chi connectivity index (χ4n) is 9.20. The fraction of sp³-hybridized carbons (Fsp3) is 0.814. The summed E-state index contributed by atoms with van der Waals surface area (Å²) in [6.07, 6.45) is 39.8. The van der Waals surface area contributed by atoms with Gasteiger partial charge in [-0.2, -0.15) is 0 Å². The van der Waals surface area contributed by atoms with Crippen LogP contribution in [-0.2, 0) is 23.7 Å². The standard InChI is InChI=1S/C59H105NO13/c1-3-5-7-9-11-13-15-17-18-19-20-21-22-23-24-25-26-27-28-29-30-31-33-35-37-39-41-43-51(64)60-47(48(63)42-40-38-36-34-32-16-14-12-10-8-6-4-2)46-70-58-56(69)54(67)57(50(45-62)72-58)73-59-55(68)53(66)52(65)49(44-61)71-59/h15,17,19-20,22-23,32,34,40,42,47-50,52-59,61-63,65-69H,3-14,16,18,21,24-31,33,35-39,41,43-46H2,1-2H3,(H,60,64)/b17-15-,20-19-,23-22-,34-32+,42-40+. The van der Waals surface area contributed by atoms with E-state index in [-0.39, 0.29) is 18.9 Å². The van der Waals surface area contributed by atoms with Crippen LogP contribution in [0.4, 0.5) is 0 Å². The molecular weight excluding hydrogens is 931 g/mol. The number of aliphatic hydroxyl groups excluding tert-OH is 8. The molecule has 2 heterocycles. The van der Waals surface area contributed by atoms with E-state index in [9.17, 15) is 45.6 Å². The average Bonchev–Trinajstić information content (AvgIpc) is 3.39. The predicted octanol–water partition coefficient (Wildman–Crippen LogP) is 9.39. The molecule has 0 aromatic carbocycles. The van der Waals surface area contributed by atoms with Gasteiger partial charge in [-0.25, -0.2) is 0 Å². The Morgan fingerprint density at radius 3 is 1.44 bits per heavy atom. The summed E-state index contributed by atoms with van der Waals surface area (Å²) in [7, 11) is 0. The summed E-state index contributed by atoms with van der Waals surface area (Å²) in [5.74, 6) is -0.254. The largest absolute Gasteiger partial charge is 0.394 e. The molecule has 2 rings (SSSR count). The van der Waals surface area contributed by atoms with Crippen LogP contribution in [0.5, 0.6) is 0 Å². The van der Waals surface area contributed by atoms with Crippen LogP contribution in [0.25, 0.3) is 0 Å². The lowest BCUT2D eigenvalue weighted by Crippen LogP contribution is -2.65. The molecule has 14 heteroatoms. The van der Waals surface area contributed by atoms with E-state index in [2.05, 4.69) is 67.8 Å². The van der Waals surface area contributed by atoms with Crippen LogP contribution in [0.3, 0.4) is 0 Å². The zero-order chi connectivity index (χ0) is 53.2. The van der Waals surface area contributed by atoms with Crippen molar-refractivity contribution < 1.29 is 64.6 Å². The Morgan fingerprint density at radius 1 is 0.493 bits per heavy atom. The van der Waals surface area contributed by atoms with E-state index in [1.807, 2.05) is 6.08 Å². The minimum atomic E-state index is -1.79. The van der Waals surface area contributed by atoms with E-state index < -0.39 is 86.8 Å². The summed E-state index contributed by atoms with van der Waals surface area (Å²) < 4.78 is 22.7. The second-order valence-corrected chi connectivity index (χ2v) is 20.4. The molecule has 0 radical (unpaired) electrons. The number of rotatable bonds is 45. The van der Waals surface area contributed by atoms with Gasteiger partial charge in [0, 0.05) is 6.42 Å². The van der Waals surface area contributed by atoms with E-state index in [0.717, 1.165) is 44.9 Å². The number of ether oxygens (including phenoxy) is 4. The van der Waals surface area contributed by atoms with E-state index in [4.69, 9.17) is 18.9 Å². The molecule has 0 aromatic rings. The second-order valence-electron chi connectivity index (χ2n) is 20.4. The molecule has 2 aliphatic rings. The number of amides is 1. The highest BCUT2D eigenvalue weighted by atomic mass is 16.7. The number of allylic oxidation sites excluding steroid dienone is 9. The van der Waals surface area contributed by atoms with E-state index in [1.165, 1.54) is 135 Å². The van der Waals surface area contributed by atoms with Gasteiger partial charge in [-0.15, -0.1) is 0 Å². The zero-order valence-corrected chi connectivity index (χ0v) is 45.4. The lowest BCUT2D eigenvalue weighted by molar-refractivity contribution is -0.359. The van der Waals surface area contributed by atoms with Gasteiger partial charge in [-0.1, -0.05) is 197 Å². The molecule has 0 aliphatic carbocycles. The third-order valence-corrected chi connectivity index (χ3v) is 13.9. The van der Waals surface area contributed by atoms with Crippen molar-refractivity contribution in [2.45, 2.75) is 286 Å². The van der Waals surface area contributed by atoms with Crippen molar-refractivity contribution >= 4 is 5.91 Å². The Balaban J connectivity index is 1.72. The Labute approximate surface area is 441 Å². The van der Waals surface area contributed by atoms with E-state index in [0.29, 0.717) is 12.8 Å². The molecule has 9 N–H and O–H groups in total. The number of aliphatic hydroxyl groups is 8. The maximum atomic E-state index is 13.2. The van der Waals surface area contributed by atoms with Crippen LogP contribution in [0.2, 0.25) is 0 Å². The van der Waals surface area contributed by atoms with Crippen molar-refractivity contribution in [1.82, 2.24) is 5.32 Å². The molecular formula is C59H105NO13. The third-order valence-electron chi connectivity index (χ3n) is 13.9. The monoisotopic (exact) mass is 1040 g/mol. The molecule has 73 heavy (non-hydrogen) atoms. The Morgan fingerprint density at radius 2 is 0.918 bits per heavy atom. The number of unbranched alkanes of at least 4 members (excludes halogenated alkanes) is 24. The topological polar surface area (TPSA) is 228 Å². The molecule has 12 atom stereocenters. The maximum absolute atomic E-state index is 13.2. The van der Waals surface area contributed by atoms with Crippen LogP contribution in [0.15, 0.2) is 60.8 Å². The molecule has 424 valence electrons. The number of nitrogens with one attached hydrogen (secondary N) is 1. The molecule has 0 spiro atoms. The summed E-state index contributed by atoms with van der Waals surface area (Å²) in [6.45, 7) is 2.74. The average molecular weight is 1040 g/mol. The van der Waals surface area contributed by atoms with Crippen molar-refractivity contribution in [2.75, 3.05) is 19.8 Å². The zero-order valence-electron chi connectivity index (χ0n) is 45.4. The van der Waals surface area contributed by atoms with Gasteiger partial charge in [-0.05, 0) is 70.6 Å². The first kappa shape index (κ1) is 66.8. The van der Waals surface area contributed by atoms with Crippen LogP contribution in [0, 0.1) is 0 Å². The minimum absolute atomic E-state index is 0.254. The highest BCUT2D eigenvalue weighted by Crippen LogP contribution is 2.30. The third kappa shape index (κ3) is 30.9. The van der Waals surface area contributed by atoms with Gasteiger partial charge in [0.05, 0.1) is 32.0 Å². The van der Waals surface area contributed by atoms with Crippen LogP contribution >= 0.6 is 0 Å². The minimum Gasteiger partial charge on any atom is -0.394 e. The molecule has 0 saturated carbocycles. The van der Waals surface area contributed by atoms with Crippen LogP contribution in [-0.4, -0.2) is 140 Å². The lowest BCUT2D eigenvalue weighted by Gasteiger charge is -2.46. The normalized spacial score (nSPS) is 25.8. The Bertz CT molecular complexity index is 1450. The first-order valence-electron chi connectivity index (χ1n) is 29.0. The van der Waals surface area contributed by atoms with Crippen LogP contribution in [0.1, 0.15) is 213 Å². The Kier molecular flexibility index (Phi) is 41.0. The van der Waals surface area contributed by atoms with Crippen molar-refractivity contribution in [3.8, 4) is 0 Å². The predicted molar refractivity (Wildman–Crippen MR) is 290 cm³/mol. The van der Waals surface area contributed by atoms with Gasteiger partial charge in [0.25, 0.3) is 0 Å². The van der Waals surface area contributed by atoms with Gasteiger partial charge < -0.3 is 65.1 Å². The fourth-order valence-corrected chi connectivity index (χ4v) is 9.20. The summed E-state index contributed by atoms with van der Waals surface area (Å²) >= 11 is 0. The van der Waals surface area contributed by atoms with E-state index in [1.54, 1.807) is 6.08 Å². The number of carbonyl (C=O) groups excluding carboxylic acids is 1. The summed E-state index contributed by atoms with van der Waals surface area (Å²) in [6, 6.07) is -0.933. The van der Waals surface area contributed by atoms with Crippen molar-refractivity contribution in [3.05, 3.63) is 60.8 Å². The smallest absolute Gasteiger partial charge is 0.220 e. The number of hydrogen-bond donors (Lipinski definition) is 9. The van der Waals surface area contributed by atoms with Gasteiger partial charge in [0.15, 0.2) is 12.6 Å². The summed E-state index contributed by atoms with van der Waals surface area (Å²) in [4.78, 5) is 13.2. The van der Waals surface area contributed by atoms with Crippen molar-refractivity contribution in [3.63, 3.8) is 0 Å². The van der Waals surface area contributed by atoms with Gasteiger partial charge in [0.1, 0.15) is 48.8 Å². The first-order chi connectivity index (χ1) is 35.6. The molecule has 12 unspecified atom stereocenters. The van der Waals surface area contributed by atoms with Crippen molar-refractivity contribution in [1.29, 1.82) is 0 Å². The number of carbonyl (C=O) groups is 1. The lowest BCUT2D eigenvalue weighted by atomic mass is 9.97. The van der Waals surface area contributed by atoms with Gasteiger partial charge in [-0.3, -0.25) is 4.79 Å². The highest BCUT2D eigenvalue weighted by molar-refractivity contribution is 5.76. The SMILES string of the molecule is CCCCCCC/C=C\C/C=C\C/C=C\CCCCCCCCCCCCCCC(=O)NC(COC1OC(CO)C(OC2OC(CO)C(O)C(O)C2O)C(O)C1O)C(O)/C=C/CC/C=C/CCCCCCCC. The Hall–Kier alpha value is -2.31. The molecule has 2 saturated heterocycles. The van der Waals surface area contributed by atoms with E-state index >= 15 is 0 Å². The quantitative estimate of drug-likeness (QED) is 0.0205. The highest BCUT2D eigenvalue weighted by Gasteiger charge is 2.51. The molecule has 0 aromatic heterocycles. The number of hydrogen-bond acceptors (Lipinski definition) is 13. The summed E-state index contributed by atoms with van der Waals surface area (Å²) in [5, 5.41) is 86.9. The second kappa shape index (κ2) is 44.8. The molecule has 14 nitrogen and oxygen atoms in total.